The van der Waals surface area contributed by atoms with Gasteiger partial charge in [0.2, 0.25) is 5.91 Å². The van der Waals surface area contributed by atoms with Crippen LogP contribution in [0.15, 0.2) is 58.2 Å². The van der Waals surface area contributed by atoms with Crippen molar-refractivity contribution in [2.75, 3.05) is 17.7 Å². The van der Waals surface area contributed by atoms with Gasteiger partial charge in [0.05, 0.1) is 17.9 Å². The average molecular weight is 427 g/mol. The van der Waals surface area contributed by atoms with E-state index < -0.39 is 5.97 Å². The molecule has 0 unspecified atom stereocenters. The minimum absolute atomic E-state index is 0.0735. The number of hydrogen-bond donors (Lipinski definition) is 1. The number of thioether (sulfide) groups is 1. The quantitative estimate of drug-likeness (QED) is 0.405. The molecule has 0 bridgehead atoms. The topological polar surface area (TPSA) is 104 Å². The standard InChI is InChI=1S/C21H21N3O5S/c1-3-27-20(26)15-5-4-6-16(11-15)22-18(25)13-30-21-24-23-19(29-21)12-28-17-9-7-14(2)8-10-17/h4-11H,3,12-13H2,1-2H3,(H,22,25). The zero-order valence-electron chi connectivity index (χ0n) is 16.6. The van der Waals surface area contributed by atoms with Gasteiger partial charge < -0.3 is 19.2 Å². The second kappa shape index (κ2) is 10.4. The first kappa shape index (κ1) is 21.4. The zero-order valence-corrected chi connectivity index (χ0v) is 17.4. The van der Waals surface area contributed by atoms with E-state index in [1.165, 1.54) is 0 Å². The molecular formula is C21H21N3O5S. The Kier molecular flexibility index (Phi) is 7.45. The van der Waals surface area contributed by atoms with E-state index in [4.69, 9.17) is 13.9 Å². The van der Waals surface area contributed by atoms with Crippen molar-refractivity contribution in [2.45, 2.75) is 25.7 Å². The Hall–Kier alpha value is -3.33. The maximum Gasteiger partial charge on any atom is 0.338 e. The van der Waals surface area contributed by atoms with E-state index in [0.29, 0.717) is 22.9 Å². The zero-order chi connectivity index (χ0) is 21.3. The van der Waals surface area contributed by atoms with Crippen molar-refractivity contribution in [3.63, 3.8) is 0 Å². The van der Waals surface area contributed by atoms with Gasteiger partial charge in [0.15, 0.2) is 6.61 Å². The van der Waals surface area contributed by atoms with E-state index >= 15 is 0 Å². The molecule has 1 aromatic heterocycles. The van der Waals surface area contributed by atoms with Crippen LogP contribution in [-0.4, -0.2) is 34.4 Å². The number of aromatic nitrogens is 2. The average Bonchev–Trinajstić information content (AvgIpc) is 3.20. The summed E-state index contributed by atoms with van der Waals surface area (Å²) in [6.07, 6.45) is 0. The van der Waals surface area contributed by atoms with E-state index in [1.54, 1.807) is 31.2 Å². The number of ether oxygens (including phenoxy) is 2. The highest BCUT2D eigenvalue weighted by atomic mass is 32.2. The molecule has 0 spiro atoms. The first-order chi connectivity index (χ1) is 14.5. The van der Waals surface area contributed by atoms with Gasteiger partial charge in [0, 0.05) is 5.69 Å². The normalized spacial score (nSPS) is 10.5. The van der Waals surface area contributed by atoms with E-state index in [9.17, 15) is 9.59 Å². The number of nitrogens with zero attached hydrogens (tertiary/aromatic N) is 2. The van der Waals surface area contributed by atoms with Gasteiger partial charge in [-0.25, -0.2) is 4.79 Å². The minimum Gasteiger partial charge on any atom is -0.484 e. The van der Waals surface area contributed by atoms with E-state index in [2.05, 4.69) is 15.5 Å². The number of carbonyl (C=O) groups excluding carboxylic acids is 2. The first-order valence-electron chi connectivity index (χ1n) is 9.25. The summed E-state index contributed by atoms with van der Waals surface area (Å²) in [5.74, 6) is 0.397. The fraction of sp³-hybridized carbons (Fsp3) is 0.238. The molecule has 3 aromatic rings. The molecule has 3 rings (SSSR count). The lowest BCUT2D eigenvalue weighted by atomic mass is 10.2. The highest BCUT2D eigenvalue weighted by Gasteiger charge is 2.12. The Morgan fingerprint density at radius 2 is 1.93 bits per heavy atom. The van der Waals surface area contributed by atoms with E-state index in [1.807, 2.05) is 31.2 Å². The van der Waals surface area contributed by atoms with E-state index in [-0.39, 0.29) is 30.1 Å². The molecule has 1 heterocycles. The summed E-state index contributed by atoms with van der Waals surface area (Å²) in [5.41, 5.74) is 2.02. The molecule has 0 aliphatic rings. The molecule has 0 saturated heterocycles. The predicted molar refractivity (Wildman–Crippen MR) is 112 cm³/mol. The molecule has 30 heavy (non-hydrogen) atoms. The number of anilines is 1. The fourth-order valence-corrected chi connectivity index (χ4v) is 2.98. The second-order valence-corrected chi connectivity index (χ2v) is 7.13. The SMILES string of the molecule is CCOC(=O)c1cccc(NC(=O)CSc2nnc(COc3ccc(C)cc3)o2)c1. The van der Waals surface area contributed by atoms with Crippen molar-refractivity contribution >= 4 is 29.3 Å². The molecule has 0 fully saturated rings. The predicted octanol–water partition coefficient (Wildman–Crippen LogP) is 3.86. The van der Waals surface area contributed by atoms with Crippen LogP contribution in [0.1, 0.15) is 28.7 Å². The van der Waals surface area contributed by atoms with Gasteiger partial charge in [-0.3, -0.25) is 4.79 Å². The first-order valence-corrected chi connectivity index (χ1v) is 10.2. The minimum atomic E-state index is -0.436. The number of esters is 1. The maximum atomic E-state index is 12.2. The highest BCUT2D eigenvalue weighted by molar-refractivity contribution is 7.99. The number of nitrogens with one attached hydrogen (secondary N) is 1. The van der Waals surface area contributed by atoms with Gasteiger partial charge in [-0.2, -0.15) is 0 Å². The molecule has 1 N–H and O–H groups in total. The van der Waals surface area contributed by atoms with Crippen LogP contribution in [0.5, 0.6) is 5.75 Å². The number of benzene rings is 2. The Labute approximate surface area is 178 Å². The largest absolute Gasteiger partial charge is 0.484 e. The molecular weight excluding hydrogens is 406 g/mol. The molecule has 0 saturated carbocycles. The summed E-state index contributed by atoms with van der Waals surface area (Å²) >= 11 is 1.11. The Balaban J connectivity index is 1.46. The van der Waals surface area contributed by atoms with Gasteiger partial charge in [-0.15, -0.1) is 10.2 Å². The highest BCUT2D eigenvalue weighted by Crippen LogP contribution is 2.19. The third kappa shape index (κ3) is 6.35. The van der Waals surface area contributed by atoms with Crippen LogP contribution >= 0.6 is 11.8 Å². The van der Waals surface area contributed by atoms with Crippen LogP contribution < -0.4 is 10.1 Å². The van der Waals surface area contributed by atoms with Gasteiger partial charge in [-0.05, 0) is 44.2 Å². The fourth-order valence-electron chi connectivity index (χ4n) is 2.40. The number of rotatable bonds is 9. The van der Waals surface area contributed by atoms with Crippen LogP contribution in [0.3, 0.4) is 0 Å². The van der Waals surface area contributed by atoms with Crippen molar-refractivity contribution in [3.8, 4) is 5.75 Å². The number of aryl methyl sites for hydroxylation is 1. The number of carbonyl (C=O) groups is 2. The van der Waals surface area contributed by atoms with Crippen LogP contribution in [-0.2, 0) is 16.1 Å². The molecule has 0 radical (unpaired) electrons. The molecule has 8 nitrogen and oxygen atoms in total. The molecule has 2 aromatic carbocycles. The molecule has 9 heteroatoms. The molecule has 1 amide bonds. The third-order valence-electron chi connectivity index (χ3n) is 3.82. The maximum absolute atomic E-state index is 12.2. The smallest absolute Gasteiger partial charge is 0.338 e. The summed E-state index contributed by atoms with van der Waals surface area (Å²) in [4.78, 5) is 24.0. The van der Waals surface area contributed by atoms with Gasteiger partial charge in [0.1, 0.15) is 5.75 Å². The molecule has 0 atom stereocenters. The Bertz CT molecular complexity index is 1000. The van der Waals surface area contributed by atoms with Gasteiger partial charge >= 0.3 is 5.97 Å². The second-order valence-electron chi connectivity index (χ2n) is 6.20. The summed E-state index contributed by atoms with van der Waals surface area (Å²) in [7, 11) is 0. The van der Waals surface area contributed by atoms with Crippen LogP contribution in [0.4, 0.5) is 5.69 Å². The molecule has 0 aliphatic carbocycles. The summed E-state index contributed by atoms with van der Waals surface area (Å²) < 4.78 is 16.0. The summed E-state index contributed by atoms with van der Waals surface area (Å²) in [6, 6.07) is 14.2. The van der Waals surface area contributed by atoms with Crippen molar-refractivity contribution in [1.29, 1.82) is 0 Å². The van der Waals surface area contributed by atoms with Crippen LogP contribution in [0.25, 0.3) is 0 Å². The van der Waals surface area contributed by atoms with Crippen LogP contribution in [0, 0.1) is 6.92 Å². The third-order valence-corrected chi connectivity index (χ3v) is 4.63. The van der Waals surface area contributed by atoms with Gasteiger partial charge in [-0.1, -0.05) is 35.5 Å². The summed E-state index contributed by atoms with van der Waals surface area (Å²) in [5, 5.41) is 10.8. The molecule has 0 aliphatic heterocycles. The lowest BCUT2D eigenvalue weighted by molar-refractivity contribution is -0.113. The Morgan fingerprint density at radius 1 is 1.13 bits per heavy atom. The van der Waals surface area contributed by atoms with E-state index in [0.717, 1.165) is 17.3 Å². The number of hydrogen-bond acceptors (Lipinski definition) is 8. The summed E-state index contributed by atoms with van der Waals surface area (Å²) in [6.45, 7) is 4.16. The van der Waals surface area contributed by atoms with Crippen molar-refractivity contribution in [1.82, 2.24) is 10.2 Å². The lowest BCUT2D eigenvalue weighted by Gasteiger charge is -2.06. The monoisotopic (exact) mass is 427 g/mol. The Morgan fingerprint density at radius 3 is 2.70 bits per heavy atom. The van der Waals surface area contributed by atoms with Crippen molar-refractivity contribution in [3.05, 3.63) is 65.5 Å². The lowest BCUT2D eigenvalue weighted by Crippen LogP contribution is -2.14. The van der Waals surface area contributed by atoms with Crippen LogP contribution in [0.2, 0.25) is 0 Å². The van der Waals surface area contributed by atoms with Gasteiger partial charge in [0.25, 0.3) is 11.1 Å². The van der Waals surface area contributed by atoms with Crippen molar-refractivity contribution < 1.29 is 23.5 Å². The molecule has 156 valence electrons. The van der Waals surface area contributed by atoms with Crippen molar-refractivity contribution in [2.24, 2.45) is 0 Å². The number of amides is 1.